The number of non-ortho nitro benzene ring substituents is 1. The molecular formula is C18H13N5O2S. The highest BCUT2D eigenvalue weighted by Crippen LogP contribution is 2.25. The van der Waals surface area contributed by atoms with Crippen molar-refractivity contribution < 1.29 is 4.92 Å². The van der Waals surface area contributed by atoms with Gasteiger partial charge in [-0.15, -0.1) is 11.3 Å². The van der Waals surface area contributed by atoms with Gasteiger partial charge in [0, 0.05) is 29.3 Å². The number of nitro benzene ring substituents is 1. The molecule has 0 spiro atoms. The Labute approximate surface area is 152 Å². The van der Waals surface area contributed by atoms with E-state index in [1.807, 2.05) is 46.3 Å². The van der Waals surface area contributed by atoms with Crippen LogP contribution < -0.4 is 5.43 Å². The molecule has 0 radical (unpaired) electrons. The molecule has 8 heteroatoms. The Balaban J connectivity index is 1.63. The van der Waals surface area contributed by atoms with Crippen molar-refractivity contribution in [3.05, 3.63) is 82.0 Å². The summed E-state index contributed by atoms with van der Waals surface area (Å²) in [6, 6.07) is 16.0. The maximum Gasteiger partial charge on any atom is 0.269 e. The molecule has 4 rings (SSSR count). The van der Waals surface area contributed by atoms with Crippen LogP contribution in [-0.4, -0.2) is 20.5 Å². The van der Waals surface area contributed by atoms with Crippen molar-refractivity contribution in [2.24, 2.45) is 5.10 Å². The molecule has 4 aromatic rings. The number of fused-ring (bicyclic) bond motifs is 1. The molecule has 0 fully saturated rings. The first kappa shape index (κ1) is 16.0. The van der Waals surface area contributed by atoms with E-state index in [1.165, 1.54) is 12.1 Å². The third-order valence-corrected chi connectivity index (χ3v) is 4.56. The van der Waals surface area contributed by atoms with E-state index in [-0.39, 0.29) is 5.69 Å². The summed E-state index contributed by atoms with van der Waals surface area (Å²) in [6.07, 6.45) is 3.66. The highest BCUT2D eigenvalue weighted by Gasteiger charge is 2.13. The second-order valence-electron chi connectivity index (χ2n) is 5.44. The number of nitrogens with one attached hydrogen (secondary N) is 1. The van der Waals surface area contributed by atoms with Crippen molar-refractivity contribution in [1.82, 2.24) is 9.38 Å². The first-order chi connectivity index (χ1) is 12.7. The van der Waals surface area contributed by atoms with E-state index < -0.39 is 4.92 Å². The molecule has 0 unspecified atom stereocenters. The number of benzene rings is 2. The van der Waals surface area contributed by atoms with Crippen molar-refractivity contribution in [3.8, 4) is 11.3 Å². The fourth-order valence-corrected chi connectivity index (χ4v) is 3.28. The first-order valence-electron chi connectivity index (χ1n) is 7.77. The number of nitro groups is 1. The topological polar surface area (TPSA) is 84.8 Å². The van der Waals surface area contributed by atoms with Crippen LogP contribution in [0, 0.1) is 10.1 Å². The smallest absolute Gasteiger partial charge is 0.269 e. The number of thiazole rings is 1. The zero-order valence-corrected chi connectivity index (χ0v) is 14.3. The SMILES string of the molecule is O=[N+]([O-])c1ccc(N/N=C/c2c(-c3ccccc3)nc3sccn23)cc1. The number of rotatable bonds is 5. The summed E-state index contributed by atoms with van der Waals surface area (Å²) >= 11 is 1.56. The van der Waals surface area contributed by atoms with Gasteiger partial charge in [0.1, 0.15) is 0 Å². The number of hydrazone groups is 1. The second kappa shape index (κ2) is 6.77. The number of imidazole rings is 1. The molecule has 7 nitrogen and oxygen atoms in total. The van der Waals surface area contributed by atoms with Gasteiger partial charge in [-0.1, -0.05) is 30.3 Å². The number of anilines is 1. The molecule has 0 saturated carbocycles. The summed E-state index contributed by atoms with van der Waals surface area (Å²) in [4.78, 5) is 15.8. The Morgan fingerprint density at radius 2 is 1.92 bits per heavy atom. The van der Waals surface area contributed by atoms with Crippen LogP contribution >= 0.6 is 11.3 Å². The summed E-state index contributed by atoms with van der Waals surface area (Å²) < 4.78 is 1.98. The standard InChI is InChI=1S/C18H13N5O2S/c24-23(25)15-8-6-14(7-9-15)21-19-12-16-17(13-4-2-1-3-5-13)20-18-22(16)10-11-26-18/h1-12,21H/b19-12+. The van der Waals surface area contributed by atoms with Crippen molar-refractivity contribution in [1.29, 1.82) is 0 Å². The third-order valence-electron chi connectivity index (χ3n) is 3.80. The average Bonchev–Trinajstić information content (AvgIpc) is 3.25. The Hall–Kier alpha value is -3.52. The highest BCUT2D eigenvalue weighted by atomic mass is 32.1. The van der Waals surface area contributed by atoms with Gasteiger partial charge < -0.3 is 0 Å². The first-order valence-corrected chi connectivity index (χ1v) is 8.65. The van der Waals surface area contributed by atoms with Crippen LogP contribution in [0.5, 0.6) is 0 Å². The summed E-state index contributed by atoms with van der Waals surface area (Å²) in [5, 5.41) is 16.9. The summed E-state index contributed by atoms with van der Waals surface area (Å²) in [7, 11) is 0. The molecule has 0 aliphatic heterocycles. The maximum absolute atomic E-state index is 10.7. The molecule has 0 bridgehead atoms. The molecule has 1 N–H and O–H groups in total. The van der Waals surface area contributed by atoms with E-state index in [0.29, 0.717) is 5.69 Å². The molecule has 2 aromatic heterocycles. The summed E-state index contributed by atoms with van der Waals surface area (Å²) in [5.74, 6) is 0. The minimum Gasteiger partial charge on any atom is -0.289 e. The Kier molecular flexibility index (Phi) is 4.16. The van der Waals surface area contributed by atoms with Crippen LogP contribution in [0.3, 0.4) is 0 Å². The van der Waals surface area contributed by atoms with Crippen LogP contribution in [0.4, 0.5) is 11.4 Å². The van der Waals surface area contributed by atoms with Gasteiger partial charge in [-0.2, -0.15) is 5.10 Å². The molecule has 0 atom stereocenters. The van der Waals surface area contributed by atoms with Gasteiger partial charge in [0.2, 0.25) is 0 Å². The highest BCUT2D eigenvalue weighted by molar-refractivity contribution is 7.15. The Bertz CT molecular complexity index is 1080. The molecule has 0 aliphatic carbocycles. The third kappa shape index (κ3) is 3.05. The zero-order valence-electron chi connectivity index (χ0n) is 13.4. The lowest BCUT2D eigenvalue weighted by Crippen LogP contribution is -1.95. The van der Waals surface area contributed by atoms with Crippen molar-refractivity contribution in [2.75, 3.05) is 5.43 Å². The van der Waals surface area contributed by atoms with E-state index in [4.69, 9.17) is 0 Å². The van der Waals surface area contributed by atoms with Crippen molar-refractivity contribution in [3.63, 3.8) is 0 Å². The largest absolute Gasteiger partial charge is 0.289 e. The van der Waals surface area contributed by atoms with Gasteiger partial charge in [0.25, 0.3) is 5.69 Å². The lowest BCUT2D eigenvalue weighted by atomic mass is 10.1. The molecule has 2 heterocycles. The summed E-state index contributed by atoms with van der Waals surface area (Å²) in [6.45, 7) is 0. The van der Waals surface area contributed by atoms with Gasteiger partial charge in [-0.05, 0) is 12.1 Å². The van der Waals surface area contributed by atoms with E-state index in [9.17, 15) is 10.1 Å². The van der Waals surface area contributed by atoms with E-state index in [2.05, 4.69) is 15.5 Å². The van der Waals surface area contributed by atoms with Gasteiger partial charge in [0.15, 0.2) is 4.96 Å². The van der Waals surface area contributed by atoms with Gasteiger partial charge in [-0.25, -0.2) is 4.98 Å². The van der Waals surface area contributed by atoms with Crippen LogP contribution in [0.2, 0.25) is 0 Å². The second-order valence-corrected chi connectivity index (χ2v) is 6.31. The molecular weight excluding hydrogens is 350 g/mol. The Morgan fingerprint density at radius 1 is 1.15 bits per heavy atom. The van der Waals surface area contributed by atoms with E-state index in [1.54, 1.807) is 29.7 Å². The molecule has 2 aromatic carbocycles. The fraction of sp³-hybridized carbons (Fsp3) is 0. The predicted octanol–water partition coefficient (Wildman–Crippen LogP) is 4.42. The monoisotopic (exact) mass is 363 g/mol. The van der Waals surface area contributed by atoms with Crippen LogP contribution in [0.25, 0.3) is 16.2 Å². The average molecular weight is 363 g/mol. The number of nitrogens with zero attached hydrogens (tertiary/aromatic N) is 4. The van der Waals surface area contributed by atoms with Crippen LogP contribution in [-0.2, 0) is 0 Å². The lowest BCUT2D eigenvalue weighted by molar-refractivity contribution is -0.384. The zero-order chi connectivity index (χ0) is 17.9. The quantitative estimate of drug-likeness (QED) is 0.323. The molecule has 0 aliphatic rings. The van der Waals surface area contributed by atoms with Gasteiger partial charge in [0.05, 0.1) is 28.2 Å². The number of hydrogen-bond donors (Lipinski definition) is 1. The molecule has 26 heavy (non-hydrogen) atoms. The van der Waals surface area contributed by atoms with E-state index >= 15 is 0 Å². The fourth-order valence-electron chi connectivity index (χ4n) is 2.56. The predicted molar refractivity (Wildman–Crippen MR) is 103 cm³/mol. The van der Waals surface area contributed by atoms with Crippen molar-refractivity contribution >= 4 is 33.9 Å². The molecule has 128 valence electrons. The lowest BCUT2D eigenvalue weighted by Gasteiger charge is -2.01. The van der Waals surface area contributed by atoms with E-state index in [0.717, 1.165) is 21.9 Å². The number of aromatic nitrogens is 2. The van der Waals surface area contributed by atoms with Gasteiger partial charge >= 0.3 is 0 Å². The minimum absolute atomic E-state index is 0.0432. The molecule has 0 amide bonds. The minimum atomic E-state index is -0.432. The Morgan fingerprint density at radius 3 is 2.65 bits per heavy atom. The van der Waals surface area contributed by atoms with Crippen molar-refractivity contribution in [2.45, 2.75) is 0 Å². The van der Waals surface area contributed by atoms with Crippen LogP contribution in [0.15, 0.2) is 71.3 Å². The number of hydrogen-bond acceptors (Lipinski definition) is 6. The summed E-state index contributed by atoms with van der Waals surface area (Å²) in [5.41, 5.74) is 6.33. The van der Waals surface area contributed by atoms with Crippen LogP contribution in [0.1, 0.15) is 5.69 Å². The molecule has 0 saturated heterocycles. The normalized spacial score (nSPS) is 11.2. The van der Waals surface area contributed by atoms with Gasteiger partial charge in [-0.3, -0.25) is 19.9 Å². The maximum atomic E-state index is 10.7.